The number of methoxy groups -OCH3 is 2. The van der Waals surface area contributed by atoms with Crippen molar-refractivity contribution in [2.75, 3.05) is 20.8 Å². The van der Waals surface area contributed by atoms with E-state index in [-0.39, 0.29) is 70.4 Å². The number of rotatable bonds is 14. The van der Waals surface area contributed by atoms with Crippen LogP contribution in [0.2, 0.25) is 0 Å². The minimum Gasteiger partial charge on any atom is -0.493 e. The lowest BCUT2D eigenvalue weighted by Crippen LogP contribution is -2.37. The van der Waals surface area contributed by atoms with E-state index in [0.717, 1.165) is 11.1 Å². The Labute approximate surface area is 287 Å². The van der Waals surface area contributed by atoms with Crippen LogP contribution < -0.4 is 29.1 Å². The van der Waals surface area contributed by atoms with E-state index < -0.39 is 17.9 Å². The maximum Gasteiger partial charge on any atom is 0.355 e. The predicted octanol–water partition coefficient (Wildman–Crippen LogP) is 7.31. The van der Waals surface area contributed by atoms with E-state index >= 15 is 0 Å². The van der Waals surface area contributed by atoms with Crippen molar-refractivity contribution in [3.05, 3.63) is 136 Å². The van der Waals surface area contributed by atoms with Crippen LogP contribution in [0.4, 0.5) is 0 Å². The van der Waals surface area contributed by atoms with Gasteiger partial charge in [-0.15, -0.1) is 0 Å². The number of carbonyl (C=O) groups excluding carboxylic acids is 2. The highest BCUT2D eigenvalue weighted by Crippen LogP contribution is 2.45. The number of esters is 1. The first-order chi connectivity index (χ1) is 24.4. The number of fused-ring (bicyclic) bond motifs is 2. The average Bonchev–Trinajstić information content (AvgIpc) is 3.16. The van der Waals surface area contributed by atoms with Crippen LogP contribution in [-0.4, -0.2) is 38.7 Å². The highest BCUT2D eigenvalue weighted by Gasteiger charge is 2.35. The lowest BCUT2D eigenvalue weighted by molar-refractivity contribution is -0.149. The molecule has 1 aromatic heterocycles. The highest BCUT2D eigenvalue weighted by atomic mass is 16.6. The van der Waals surface area contributed by atoms with E-state index in [1.165, 1.54) is 32.4 Å². The van der Waals surface area contributed by atoms with Crippen molar-refractivity contribution >= 4 is 33.7 Å². The van der Waals surface area contributed by atoms with E-state index in [2.05, 4.69) is 0 Å². The summed E-state index contributed by atoms with van der Waals surface area (Å²) < 4.78 is 41.2. The molecular formula is C40H34O10. The Hall–Kier alpha value is -6.29. The van der Waals surface area contributed by atoms with Gasteiger partial charge in [-0.2, -0.15) is 0 Å². The summed E-state index contributed by atoms with van der Waals surface area (Å²) >= 11 is 0. The van der Waals surface area contributed by atoms with Crippen LogP contribution in [0.1, 0.15) is 28.4 Å². The molecule has 0 radical (unpaired) electrons. The molecule has 10 nitrogen and oxygen atoms in total. The number of hydrogen-bond acceptors (Lipinski definition) is 10. The number of ketones is 1. The van der Waals surface area contributed by atoms with E-state index in [1.807, 2.05) is 60.7 Å². The average molecular weight is 675 g/mol. The predicted molar refractivity (Wildman–Crippen MR) is 186 cm³/mol. The summed E-state index contributed by atoms with van der Waals surface area (Å²) in [5.41, 5.74) is 1.71. The second kappa shape index (κ2) is 15.3. The number of benzene rings is 5. The topological polar surface area (TPSA) is 120 Å². The molecule has 0 saturated carbocycles. The van der Waals surface area contributed by atoms with Crippen molar-refractivity contribution in [3.63, 3.8) is 0 Å². The van der Waals surface area contributed by atoms with Crippen molar-refractivity contribution in [2.24, 2.45) is 0 Å². The zero-order valence-corrected chi connectivity index (χ0v) is 27.7. The van der Waals surface area contributed by atoms with E-state index in [0.29, 0.717) is 11.1 Å². The van der Waals surface area contributed by atoms with Crippen LogP contribution in [0, 0.1) is 0 Å². The first-order valence-corrected chi connectivity index (χ1v) is 15.9. The minimum absolute atomic E-state index is 0.0200. The van der Waals surface area contributed by atoms with Crippen LogP contribution in [0.15, 0.2) is 118 Å². The molecule has 1 unspecified atom stereocenters. The molecular weight excluding hydrogens is 640 g/mol. The molecule has 10 heteroatoms. The fourth-order valence-corrected chi connectivity index (χ4v) is 5.36. The van der Waals surface area contributed by atoms with Crippen molar-refractivity contribution in [1.82, 2.24) is 0 Å². The lowest BCUT2D eigenvalue weighted by Gasteiger charge is -2.22. The summed E-state index contributed by atoms with van der Waals surface area (Å²) in [4.78, 5) is 41.4. The van der Waals surface area contributed by atoms with Gasteiger partial charge < -0.3 is 32.8 Å². The quantitative estimate of drug-likeness (QED) is 0.0503. The van der Waals surface area contributed by atoms with Crippen LogP contribution in [-0.2, 0) is 22.7 Å². The molecule has 0 saturated heterocycles. The monoisotopic (exact) mass is 674 g/mol. The number of carbonyl (C=O) groups is 2. The Kier molecular flexibility index (Phi) is 10.3. The molecule has 50 heavy (non-hydrogen) atoms. The van der Waals surface area contributed by atoms with Crippen LogP contribution >= 0.6 is 0 Å². The molecule has 0 aliphatic carbocycles. The molecule has 5 aromatic carbocycles. The number of Topliss-reactive ketones (excluding diaryl/α,β-unsaturated/α-hetero) is 1. The van der Waals surface area contributed by atoms with Gasteiger partial charge in [0.1, 0.15) is 18.8 Å². The molecule has 1 heterocycles. The third-order valence-corrected chi connectivity index (χ3v) is 7.85. The summed E-state index contributed by atoms with van der Waals surface area (Å²) in [5, 5.41) is 0.421. The van der Waals surface area contributed by atoms with E-state index in [4.69, 9.17) is 32.8 Å². The van der Waals surface area contributed by atoms with Gasteiger partial charge >= 0.3 is 5.97 Å². The standard InChI is InChI=1S/C40H34O10/c1-4-46-40(43)38(34(41)27-19-20-31(32(21-27)44-2)47-23-25-13-7-5-8-14-25)50-39-36-29(35(42)28-17-11-12-18-30(28)49-36)22-33(45-3)37(39)48-24-26-15-9-6-10-16-26/h5-22,38H,4,23-24H2,1-3H3. The minimum atomic E-state index is -1.85. The summed E-state index contributed by atoms with van der Waals surface area (Å²) in [6.07, 6.45) is -1.85. The van der Waals surface area contributed by atoms with Gasteiger partial charge in [-0.25, -0.2) is 4.79 Å². The van der Waals surface area contributed by atoms with Gasteiger partial charge in [-0.05, 0) is 54.4 Å². The highest BCUT2D eigenvalue weighted by molar-refractivity contribution is 6.12. The van der Waals surface area contributed by atoms with Gasteiger partial charge in [0.05, 0.1) is 31.6 Å². The zero-order valence-electron chi connectivity index (χ0n) is 27.7. The molecule has 0 spiro atoms. The van der Waals surface area contributed by atoms with Gasteiger partial charge in [0, 0.05) is 5.56 Å². The molecule has 0 aliphatic heterocycles. The van der Waals surface area contributed by atoms with Crippen molar-refractivity contribution in [3.8, 4) is 28.7 Å². The molecule has 0 aliphatic rings. The molecule has 6 aromatic rings. The van der Waals surface area contributed by atoms with Gasteiger partial charge in [0.15, 0.2) is 22.8 Å². The summed E-state index contributed by atoms with van der Waals surface area (Å²) in [6, 6.07) is 31.7. The molecule has 1 atom stereocenters. The fourth-order valence-electron chi connectivity index (χ4n) is 5.36. The van der Waals surface area contributed by atoms with Gasteiger partial charge in [0.25, 0.3) is 6.10 Å². The Morgan fingerprint density at radius 3 is 1.98 bits per heavy atom. The lowest BCUT2D eigenvalue weighted by atomic mass is 10.0. The molecule has 6 rings (SSSR count). The van der Waals surface area contributed by atoms with E-state index in [1.54, 1.807) is 37.3 Å². The maximum absolute atomic E-state index is 14.2. The van der Waals surface area contributed by atoms with Crippen LogP contribution in [0.5, 0.6) is 28.7 Å². The third kappa shape index (κ3) is 7.09. The fraction of sp³-hybridized carbons (Fsp3) is 0.175. The molecule has 0 amide bonds. The second-order valence-electron chi connectivity index (χ2n) is 11.1. The largest absolute Gasteiger partial charge is 0.493 e. The second-order valence-corrected chi connectivity index (χ2v) is 11.1. The van der Waals surface area contributed by atoms with E-state index in [9.17, 15) is 14.4 Å². The Bertz CT molecular complexity index is 2190. The molecule has 254 valence electrons. The summed E-state index contributed by atoms with van der Waals surface area (Å²) in [7, 11) is 2.86. The number of para-hydroxylation sites is 1. The Morgan fingerprint density at radius 2 is 1.32 bits per heavy atom. The van der Waals surface area contributed by atoms with Crippen molar-refractivity contribution < 1.29 is 42.4 Å². The van der Waals surface area contributed by atoms with Gasteiger partial charge in [0.2, 0.25) is 22.7 Å². The number of hydrogen-bond donors (Lipinski definition) is 0. The Balaban J connectivity index is 1.44. The zero-order chi connectivity index (χ0) is 35.0. The molecule has 0 bridgehead atoms. The number of ether oxygens (including phenoxy) is 6. The van der Waals surface area contributed by atoms with Crippen LogP contribution in [0.3, 0.4) is 0 Å². The first-order valence-electron chi connectivity index (χ1n) is 15.9. The first kappa shape index (κ1) is 33.6. The SMILES string of the molecule is CCOC(=O)C(Oc1c(OCc2ccccc2)c(OC)cc2c(=O)c3ccccc3oc12)C(=O)c1ccc(OCc2ccccc2)c(OC)c1. The van der Waals surface area contributed by atoms with Gasteiger partial charge in [-0.1, -0.05) is 72.8 Å². The molecule has 0 fully saturated rings. The van der Waals surface area contributed by atoms with Crippen molar-refractivity contribution in [2.45, 2.75) is 26.2 Å². The van der Waals surface area contributed by atoms with Crippen LogP contribution in [0.25, 0.3) is 21.9 Å². The summed E-state index contributed by atoms with van der Waals surface area (Å²) in [5.74, 6) is -1.08. The van der Waals surface area contributed by atoms with Crippen molar-refractivity contribution in [1.29, 1.82) is 0 Å². The smallest absolute Gasteiger partial charge is 0.355 e. The van der Waals surface area contributed by atoms with Gasteiger partial charge in [-0.3, -0.25) is 9.59 Å². The normalized spacial score (nSPS) is 11.5. The summed E-state index contributed by atoms with van der Waals surface area (Å²) in [6.45, 7) is 1.92. The third-order valence-electron chi connectivity index (χ3n) is 7.85. The molecule has 0 N–H and O–H groups in total. The Morgan fingerprint density at radius 1 is 0.680 bits per heavy atom. The maximum atomic E-state index is 14.2.